The van der Waals surface area contributed by atoms with Gasteiger partial charge in [0, 0.05) is 18.1 Å². The van der Waals surface area contributed by atoms with Crippen LogP contribution in [0.2, 0.25) is 0 Å². The highest BCUT2D eigenvalue weighted by Crippen LogP contribution is 2.64. The highest BCUT2D eigenvalue weighted by atomic mass is 32.2. The lowest BCUT2D eigenvalue weighted by Crippen LogP contribution is -2.57. The van der Waals surface area contributed by atoms with Gasteiger partial charge in [0.15, 0.2) is 0 Å². The van der Waals surface area contributed by atoms with Crippen LogP contribution >= 0.6 is 0 Å². The fraction of sp³-hybridized carbons (Fsp3) is 0.593. The maximum Gasteiger partial charge on any atom is 0.276 e. The Labute approximate surface area is 198 Å². The number of furan rings is 1. The quantitative estimate of drug-likeness (QED) is 0.557. The number of hydrogen-bond acceptors (Lipinski definition) is 4. The van der Waals surface area contributed by atoms with Crippen molar-refractivity contribution in [3.05, 3.63) is 53.5 Å². The maximum atomic E-state index is 13.0. The summed E-state index contributed by atoms with van der Waals surface area (Å²) in [4.78, 5) is 2.86. The van der Waals surface area contributed by atoms with Gasteiger partial charge in [-0.2, -0.15) is 13.5 Å². The zero-order chi connectivity index (χ0) is 23.6. The second-order valence-electron chi connectivity index (χ2n) is 11.5. The lowest BCUT2D eigenvalue weighted by Gasteiger charge is -2.61. The number of benzene rings is 1. The lowest BCUT2D eigenvalue weighted by molar-refractivity contribution is -0.0691. The Balaban J connectivity index is 1.56. The van der Waals surface area contributed by atoms with Crippen LogP contribution in [-0.4, -0.2) is 14.1 Å². The minimum absolute atomic E-state index is 0.194. The molecule has 5 nitrogen and oxygen atoms in total. The van der Waals surface area contributed by atoms with Gasteiger partial charge in [-0.05, 0) is 78.5 Å². The van der Waals surface area contributed by atoms with Gasteiger partial charge in [-0.1, -0.05) is 51.8 Å². The molecule has 0 spiro atoms. The molecule has 0 bridgehead atoms. The van der Waals surface area contributed by atoms with Gasteiger partial charge in [0.25, 0.3) is 10.0 Å². The van der Waals surface area contributed by atoms with E-state index in [4.69, 9.17) is 4.42 Å². The van der Waals surface area contributed by atoms with E-state index < -0.39 is 10.0 Å². The molecule has 5 atom stereocenters. The van der Waals surface area contributed by atoms with Crippen LogP contribution in [0, 0.1) is 35.5 Å². The Morgan fingerprint density at radius 2 is 1.79 bits per heavy atom. The van der Waals surface area contributed by atoms with Crippen LogP contribution in [0.4, 0.5) is 0 Å². The molecule has 1 aromatic carbocycles. The SMILES string of the molecule is Cc1ccc(S(=O)(=O)N/N=C2\C[C@H]3C(C)(C)CCC[C@]3(C)[C@H]3Cc4occc4[C@H](C)[C@H]23)cc1. The molecule has 0 saturated heterocycles. The van der Waals surface area contributed by atoms with Crippen molar-refractivity contribution in [2.75, 3.05) is 0 Å². The summed E-state index contributed by atoms with van der Waals surface area (Å²) in [5.41, 5.74) is 3.68. The van der Waals surface area contributed by atoms with E-state index in [9.17, 15) is 8.42 Å². The molecule has 3 aliphatic carbocycles. The van der Waals surface area contributed by atoms with Gasteiger partial charge in [-0.3, -0.25) is 0 Å². The van der Waals surface area contributed by atoms with Crippen molar-refractivity contribution in [1.82, 2.24) is 4.83 Å². The topological polar surface area (TPSA) is 71.7 Å². The molecule has 3 aliphatic rings. The van der Waals surface area contributed by atoms with E-state index in [0.717, 1.165) is 29.9 Å². The zero-order valence-electron chi connectivity index (χ0n) is 20.4. The highest BCUT2D eigenvalue weighted by Gasteiger charge is 2.59. The Hall–Kier alpha value is -2.08. The van der Waals surface area contributed by atoms with Crippen molar-refractivity contribution < 1.29 is 12.8 Å². The number of aryl methyl sites for hydroxylation is 1. The van der Waals surface area contributed by atoms with E-state index in [1.807, 2.05) is 19.1 Å². The molecule has 2 aromatic rings. The van der Waals surface area contributed by atoms with Crippen molar-refractivity contribution in [2.24, 2.45) is 33.7 Å². The van der Waals surface area contributed by atoms with Gasteiger partial charge in [-0.25, -0.2) is 4.83 Å². The second-order valence-corrected chi connectivity index (χ2v) is 13.2. The fourth-order valence-electron chi connectivity index (χ4n) is 7.43. The lowest BCUT2D eigenvalue weighted by atomic mass is 9.43. The van der Waals surface area contributed by atoms with E-state index in [2.05, 4.69) is 43.7 Å². The maximum absolute atomic E-state index is 13.0. The number of hydrogen-bond donors (Lipinski definition) is 1. The van der Waals surface area contributed by atoms with Crippen LogP contribution in [-0.2, 0) is 16.4 Å². The summed E-state index contributed by atoms with van der Waals surface area (Å²) in [7, 11) is -3.71. The number of fused-ring (bicyclic) bond motifs is 4. The first-order valence-electron chi connectivity index (χ1n) is 12.2. The highest BCUT2D eigenvalue weighted by molar-refractivity contribution is 7.89. The number of rotatable bonds is 3. The summed E-state index contributed by atoms with van der Waals surface area (Å²) in [6, 6.07) is 9.01. The van der Waals surface area contributed by atoms with Crippen molar-refractivity contribution in [3.63, 3.8) is 0 Å². The van der Waals surface area contributed by atoms with E-state index in [-0.39, 0.29) is 27.6 Å². The normalized spacial score (nSPS) is 34.3. The van der Waals surface area contributed by atoms with E-state index in [1.165, 1.54) is 24.8 Å². The summed E-state index contributed by atoms with van der Waals surface area (Å²) in [5.74, 6) is 2.43. The molecule has 0 radical (unpaired) electrons. The van der Waals surface area contributed by atoms with E-state index in [1.54, 1.807) is 18.4 Å². The predicted molar refractivity (Wildman–Crippen MR) is 131 cm³/mol. The Bertz CT molecular complexity index is 1180. The van der Waals surface area contributed by atoms with Gasteiger partial charge in [0.1, 0.15) is 5.76 Å². The third kappa shape index (κ3) is 3.65. The number of nitrogens with zero attached hydrogens (tertiary/aromatic N) is 1. The minimum Gasteiger partial charge on any atom is -0.469 e. The standard InChI is InChI=1S/C27H36N2O3S/c1-17-7-9-19(10-8-17)33(30,31)29-28-22-16-24-26(3,4)12-6-13-27(24,5)21-15-23-20(11-14-32-23)18(2)25(21)22/h7-11,14,18,21,24-25,29H,6,12-13,15-16H2,1-5H3/b28-22+/t18-,21-,24-,25-,27+/m0/s1. The molecule has 1 heterocycles. The molecule has 5 rings (SSSR count). The molecule has 178 valence electrons. The number of nitrogens with one attached hydrogen (secondary N) is 1. The van der Waals surface area contributed by atoms with Crippen molar-refractivity contribution in [2.45, 2.75) is 77.5 Å². The fourth-order valence-corrected chi connectivity index (χ4v) is 8.27. The first-order valence-corrected chi connectivity index (χ1v) is 13.7. The molecule has 2 saturated carbocycles. The van der Waals surface area contributed by atoms with Crippen LogP contribution in [0.25, 0.3) is 0 Å². The molecule has 0 unspecified atom stereocenters. The first-order chi connectivity index (χ1) is 15.5. The van der Waals surface area contributed by atoms with Gasteiger partial charge >= 0.3 is 0 Å². The molecular weight excluding hydrogens is 432 g/mol. The zero-order valence-corrected chi connectivity index (χ0v) is 21.2. The molecule has 0 amide bonds. The van der Waals surface area contributed by atoms with Crippen LogP contribution in [0.5, 0.6) is 0 Å². The van der Waals surface area contributed by atoms with Crippen molar-refractivity contribution in [1.29, 1.82) is 0 Å². The van der Waals surface area contributed by atoms with Gasteiger partial charge in [0.05, 0.1) is 11.2 Å². The van der Waals surface area contributed by atoms with Crippen LogP contribution in [0.3, 0.4) is 0 Å². The summed E-state index contributed by atoms with van der Waals surface area (Å²) in [6.45, 7) is 11.4. The molecule has 2 fully saturated rings. The van der Waals surface area contributed by atoms with Crippen molar-refractivity contribution in [3.8, 4) is 0 Å². The molecule has 0 aliphatic heterocycles. The van der Waals surface area contributed by atoms with E-state index >= 15 is 0 Å². The van der Waals surface area contributed by atoms with E-state index in [0.29, 0.717) is 11.8 Å². The molecular formula is C27H36N2O3S. The average molecular weight is 469 g/mol. The molecule has 6 heteroatoms. The number of hydrazone groups is 1. The molecule has 1 aromatic heterocycles. The van der Waals surface area contributed by atoms with Gasteiger partial charge in [0.2, 0.25) is 0 Å². The smallest absolute Gasteiger partial charge is 0.276 e. The van der Waals surface area contributed by atoms with Crippen LogP contribution in [0.1, 0.15) is 76.2 Å². The molecule has 1 N–H and O–H groups in total. The second kappa shape index (κ2) is 7.72. The summed E-state index contributed by atoms with van der Waals surface area (Å²) < 4.78 is 32.0. The summed E-state index contributed by atoms with van der Waals surface area (Å²) in [5, 5.41) is 4.68. The summed E-state index contributed by atoms with van der Waals surface area (Å²) in [6.07, 6.45) is 7.22. The monoisotopic (exact) mass is 468 g/mol. The first kappa shape index (κ1) is 22.7. The Kier molecular flexibility index (Phi) is 5.31. The summed E-state index contributed by atoms with van der Waals surface area (Å²) >= 11 is 0. The number of sulfonamides is 1. The largest absolute Gasteiger partial charge is 0.469 e. The van der Waals surface area contributed by atoms with Crippen molar-refractivity contribution >= 4 is 15.7 Å². The van der Waals surface area contributed by atoms with Gasteiger partial charge < -0.3 is 4.42 Å². The third-order valence-corrected chi connectivity index (χ3v) is 10.4. The Morgan fingerprint density at radius 3 is 2.52 bits per heavy atom. The predicted octanol–water partition coefficient (Wildman–Crippen LogP) is 6.05. The van der Waals surface area contributed by atoms with Gasteiger partial charge in [-0.15, -0.1) is 0 Å². The Morgan fingerprint density at radius 1 is 1.06 bits per heavy atom. The average Bonchev–Trinajstić information content (AvgIpc) is 3.22. The van der Waals surface area contributed by atoms with Crippen LogP contribution in [0.15, 0.2) is 51.0 Å². The van der Waals surface area contributed by atoms with Crippen LogP contribution < -0.4 is 4.83 Å². The minimum atomic E-state index is -3.71. The third-order valence-electron chi connectivity index (χ3n) is 9.21. The molecule has 33 heavy (non-hydrogen) atoms.